The van der Waals surface area contributed by atoms with E-state index in [9.17, 15) is 14.3 Å². The quantitative estimate of drug-likeness (QED) is 0.799. The van der Waals surface area contributed by atoms with Crippen LogP contribution in [0.1, 0.15) is 55.5 Å². The van der Waals surface area contributed by atoms with Crippen molar-refractivity contribution in [1.29, 1.82) is 0 Å². The number of carbonyl (C=O) groups excluding carboxylic acids is 1. The molecule has 1 spiro atoms. The van der Waals surface area contributed by atoms with E-state index in [0.29, 0.717) is 24.2 Å². The van der Waals surface area contributed by atoms with Crippen molar-refractivity contribution in [1.82, 2.24) is 9.80 Å². The number of rotatable bonds is 4. The number of allylic oxidation sites excluding steroid dienone is 1. The second-order valence-corrected chi connectivity index (χ2v) is 8.80. The molecule has 2 aliphatic heterocycles. The monoisotopic (exact) mass is 388 g/mol. The van der Waals surface area contributed by atoms with Gasteiger partial charge < -0.3 is 14.9 Å². The van der Waals surface area contributed by atoms with E-state index in [4.69, 9.17) is 0 Å². The summed E-state index contributed by atoms with van der Waals surface area (Å²) in [7, 11) is 0. The Hall–Kier alpha value is -1.72. The number of aliphatic hydroxyl groups excluding tert-OH is 1. The summed E-state index contributed by atoms with van der Waals surface area (Å²) in [6.07, 6.45) is 5.49. The van der Waals surface area contributed by atoms with Crippen LogP contribution < -0.4 is 0 Å². The first-order chi connectivity index (χ1) is 13.3. The highest BCUT2D eigenvalue weighted by atomic mass is 19.1. The molecule has 0 saturated carbocycles. The SMILES string of the molecule is CC(C)=CCCN1CC[C@@H](O)[C@]2(CCCN(C(=O)c3ccc(F)cc3C)C2)C1. The Bertz CT molecular complexity index is 744. The molecule has 2 heterocycles. The molecular formula is C23H33FN2O2. The third-order valence-corrected chi connectivity index (χ3v) is 6.28. The van der Waals surface area contributed by atoms with Crippen molar-refractivity contribution >= 4 is 5.91 Å². The molecule has 5 heteroatoms. The van der Waals surface area contributed by atoms with Gasteiger partial charge in [-0.2, -0.15) is 0 Å². The molecule has 2 aliphatic rings. The van der Waals surface area contributed by atoms with Gasteiger partial charge in [-0.15, -0.1) is 0 Å². The average Bonchev–Trinajstić information content (AvgIpc) is 2.64. The van der Waals surface area contributed by atoms with Gasteiger partial charge in [0, 0.05) is 43.7 Å². The maximum atomic E-state index is 13.4. The molecule has 2 saturated heterocycles. The molecule has 154 valence electrons. The van der Waals surface area contributed by atoms with Crippen molar-refractivity contribution in [2.45, 2.75) is 52.6 Å². The van der Waals surface area contributed by atoms with Crippen LogP contribution in [0, 0.1) is 18.2 Å². The van der Waals surface area contributed by atoms with Gasteiger partial charge in [0.2, 0.25) is 0 Å². The highest BCUT2D eigenvalue weighted by molar-refractivity contribution is 5.95. The first-order valence-corrected chi connectivity index (χ1v) is 10.4. The summed E-state index contributed by atoms with van der Waals surface area (Å²) >= 11 is 0. The lowest BCUT2D eigenvalue weighted by atomic mass is 9.71. The average molecular weight is 389 g/mol. The van der Waals surface area contributed by atoms with E-state index in [0.717, 1.165) is 45.3 Å². The second-order valence-electron chi connectivity index (χ2n) is 8.80. The van der Waals surface area contributed by atoms with Crippen molar-refractivity contribution in [2.24, 2.45) is 5.41 Å². The zero-order valence-corrected chi connectivity index (χ0v) is 17.4. The summed E-state index contributed by atoms with van der Waals surface area (Å²) in [6, 6.07) is 4.34. The maximum absolute atomic E-state index is 13.4. The number of halogens is 1. The number of carbonyl (C=O) groups is 1. The van der Waals surface area contributed by atoms with Gasteiger partial charge in [-0.25, -0.2) is 4.39 Å². The van der Waals surface area contributed by atoms with E-state index in [1.54, 1.807) is 13.0 Å². The molecular weight excluding hydrogens is 355 g/mol. The number of benzene rings is 1. The Morgan fingerprint density at radius 1 is 1.32 bits per heavy atom. The number of hydrogen-bond donors (Lipinski definition) is 1. The van der Waals surface area contributed by atoms with Crippen molar-refractivity contribution in [3.8, 4) is 0 Å². The molecule has 1 amide bonds. The zero-order valence-electron chi connectivity index (χ0n) is 17.4. The number of amides is 1. The number of aliphatic hydroxyl groups is 1. The topological polar surface area (TPSA) is 43.8 Å². The fraction of sp³-hybridized carbons (Fsp3) is 0.609. The Morgan fingerprint density at radius 2 is 2.11 bits per heavy atom. The lowest BCUT2D eigenvalue weighted by Crippen LogP contribution is -2.59. The first kappa shape index (κ1) is 21.0. The molecule has 1 aromatic carbocycles. The van der Waals surface area contributed by atoms with Gasteiger partial charge in [0.1, 0.15) is 5.82 Å². The molecule has 0 unspecified atom stereocenters. The van der Waals surface area contributed by atoms with E-state index in [-0.39, 0.29) is 23.2 Å². The Balaban J connectivity index is 1.72. The van der Waals surface area contributed by atoms with Crippen LogP contribution in [0.15, 0.2) is 29.8 Å². The zero-order chi connectivity index (χ0) is 20.3. The van der Waals surface area contributed by atoms with Crippen molar-refractivity contribution < 1.29 is 14.3 Å². The van der Waals surface area contributed by atoms with E-state index < -0.39 is 0 Å². The van der Waals surface area contributed by atoms with Gasteiger partial charge in [-0.05, 0) is 70.2 Å². The maximum Gasteiger partial charge on any atom is 0.254 e. The molecule has 4 nitrogen and oxygen atoms in total. The Kier molecular flexibility index (Phi) is 6.56. The second kappa shape index (κ2) is 8.75. The van der Waals surface area contributed by atoms with E-state index in [1.165, 1.54) is 17.7 Å². The van der Waals surface area contributed by atoms with Crippen LogP contribution in [0.25, 0.3) is 0 Å². The van der Waals surface area contributed by atoms with Crippen LogP contribution in [0.2, 0.25) is 0 Å². The molecule has 0 aromatic heterocycles. The molecule has 3 rings (SSSR count). The van der Waals surface area contributed by atoms with Crippen molar-refractivity contribution in [2.75, 3.05) is 32.7 Å². The summed E-state index contributed by atoms with van der Waals surface area (Å²) in [4.78, 5) is 17.4. The number of nitrogens with zero attached hydrogens (tertiary/aromatic N) is 2. The Morgan fingerprint density at radius 3 is 2.82 bits per heavy atom. The number of piperidine rings is 2. The number of hydrogen-bond acceptors (Lipinski definition) is 3. The summed E-state index contributed by atoms with van der Waals surface area (Å²) in [5.41, 5.74) is 2.29. The molecule has 2 atom stereocenters. The van der Waals surface area contributed by atoms with E-state index in [1.807, 2.05) is 4.90 Å². The Labute approximate surface area is 168 Å². The minimum absolute atomic E-state index is 0.0505. The van der Waals surface area contributed by atoms with Gasteiger partial charge in [-0.3, -0.25) is 4.79 Å². The fourth-order valence-corrected chi connectivity index (χ4v) is 4.74. The molecule has 0 radical (unpaired) electrons. The molecule has 28 heavy (non-hydrogen) atoms. The normalized spacial score (nSPS) is 25.8. The van der Waals surface area contributed by atoms with Crippen molar-refractivity contribution in [3.63, 3.8) is 0 Å². The lowest BCUT2D eigenvalue weighted by Gasteiger charge is -2.51. The fourth-order valence-electron chi connectivity index (χ4n) is 4.74. The predicted molar refractivity (Wildman–Crippen MR) is 110 cm³/mol. The standard InChI is InChI=1S/C23H33FN2O2/c1-17(2)6-4-11-25-13-9-21(27)23(15-25)10-5-12-26(16-23)22(28)20-8-7-19(24)14-18(20)3/h6-8,14,21,27H,4-5,9-13,15-16H2,1-3H3/t21-,23-/m1/s1. The molecule has 0 bridgehead atoms. The van der Waals surface area contributed by atoms with Gasteiger partial charge >= 0.3 is 0 Å². The summed E-state index contributed by atoms with van der Waals surface area (Å²) in [5, 5.41) is 10.9. The third kappa shape index (κ3) is 4.64. The minimum atomic E-state index is -0.378. The number of aryl methyl sites for hydroxylation is 1. The highest BCUT2D eigenvalue weighted by Crippen LogP contribution is 2.39. The van der Waals surface area contributed by atoms with Crippen LogP contribution in [0.5, 0.6) is 0 Å². The lowest BCUT2D eigenvalue weighted by molar-refractivity contribution is -0.0782. The third-order valence-electron chi connectivity index (χ3n) is 6.28. The van der Waals surface area contributed by atoms with Gasteiger partial charge in [-0.1, -0.05) is 11.6 Å². The molecule has 1 N–H and O–H groups in total. The van der Waals surface area contributed by atoms with Crippen molar-refractivity contribution in [3.05, 3.63) is 46.8 Å². The summed E-state index contributed by atoms with van der Waals surface area (Å²) in [5.74, 6) is -0.371. The number of likely N-dealkylation sites (tertiary alicyclic amines) is 2. The highest BCUT2D eigenvalue weighted by Gasteiger charge is 2.46. The summed E-state index contributed by atoms with van der Waals surface area (Å²) in [6.45, 7) is 10.0. The van der Waals surface area contributed by atoms with Crippen LogP contribution in [-0.2, 0) is 0 Å². The van der Waals surface area contributed by atoms with Crippen LogP contribution in [0.3, 0.4) is 0 Å². The van der Waals surface area contributed by atoms with Gasteiger partial charge in [0.15, 0.2) is 0 Å². The largest absolute Gasteiger partial charge is 0.392 e. The van der Waals surface area contributed by atoms with Crippen LogP contribution in [0.4, 0.5) is 4.39 Å². The first-order valence-electron chi connectivity index (χ1n) is 10.4. The van der Waals surface area contributed by atoms with E-state index in [2.05, 4.69) is 24.8 Å². The molecule has 0 aliphatic carbocycles. The van der Waals surface area contributed by atoms with Gasteiger partial charge in [0.25, 0.3) is 5.91 Å². The van der Waals surface area contributed by atoms with Gasteiger partial charge in [0.05, 0.1) is 6.10 Å². The molecule has 2 fully saturated rings. The molecule has 1 aromatic rings. The van der Waals surface area contributed by atoms with Crippen LogP contribution >= 0.6 is 0 Å². The van der Waals surface area contributed by atoms with E-state index >= 15 is 0 Å². The minimum Gasteiger partial charge on any atom is -0.392 e. The summed E-state index contributed by atoms with van der Waals surface area (Å²) < 4.78 is 13.4. The predicted octanol–water partition coefficient (Wildman–Crippen LogP) is 3.78. The smallest absolute Gasteiger partial charge is 0.254 e. The van der Waals surface area contributed by atoms with Crippen LogP contribution in [-0.4, -0.2) is 59.6 Å².